The van der Waals surface area contributed by atoms with Crippen LogP contribution in [-0.2, 0) is 32.2 Å². The Morgan fingerprint density at radius 3 is 2.41 bits per heavy atom. The smallest absolute Gasteiger partial charge is 0.325 e. The van der Waals surface area contributed by atoms with Gasteiger partial charge in [0.05, 0.1) is 56.0 Å². The number of piperazine rings is 1. The molecule has 4 aromatic heterocycles. The predicted molar refractivity (Wildman–Crippen MR) is 320 cm³/mol. The number of amides is 3. The molecule has 3 aromatic carbocycles. The Labute approximate surface area is 483 Å². The van der Waals surface area contributed by atoms with E-state index in [1.54, 1.807) is 61.5 Å². The second-order valence-corrected chi connectivity index (χ2v) is 22.1. The van der Waals surface area contributed by atoms with E-state index in [0.29, 0.717) is 66.1 Å². The van der Waals surface area contributed by atoms with E-state index in [4.69, 9.17) is 9.47 Å². The predicted octanol–water partition coefficient (Wildman–Crippen LogP) is 8.28. The quantitative estimate of drug-likeness (QED) is 0.0505. The molecule has 1 N–H and O–H groups in total. The Balaban J connectivity index is 0.734. The number of hydrogen-bond acceptors (Lipinski definition) is 13. The van der Waals surface area contributed by atoms with E-state index in [1.165, 1.54) is 22.6 Å². The minimum absolute atomic E-state index is 0.0162. The van der Waals surface area contributed by atoms with Crippen molar-refractivity contribution >= 4 is 68.0 Å². The van der Waals surface area contributed by atoms with Crippen LogP contribution >= 0.6 is 0 Å². The van der Waals surface area contributed by atoms with Crippen LogP contribution in [0.3, 0.4) is 0 Å². The maximum Gasteiger partial charge on any atom is 0.325 e. The van der Waals surface area contributed by atoms with Crippen LogP contribution in [0.15, 0.2) is 109 Å². The summed E-state index contributed by atoms with van der Waals surface area (Å²) in [6.45, 7) is 7.36. The monoisotopic (exact) mass is 1130 g/mol. The fourth-order valence-corrected chi connectivity index (χ4v) is 11.9. The first-order valence-electron chi connectivity index (χ1n) is 29.1. The van der Waals surface area contributed by atoms with Crippen LogP contribution in [0.5, 0.6) is 5.75 Å². The van der Waals surface area contributed by atoms with Gasteiger partial charge in [-0.3, -0.25) is 38.5 Å². The van der Waals surface area contributed by atoms with Crippen molar-refractivity contribution in [1.29, 1.82) is 0 Å². The van der Waals surface area contributed by atoms with Gasteiger partial charge in [-0.05, 0) is 80.1 Å². The summed E-state index contributed by atoms with van der Waals surface area (Å²) in [5.74, 6) is -0.968. The standard InChI is InChI=1S/C63H75FN12O7/c1-69(2)63(81)54-37-53-52(36-51(60(64)61(53)67-54)45-16-13-27-73(40-45)58(78)23-29-75-30-24-66-68-75)50-21-19-47(35-56(50)82-3)71-33-31-70(32-34-71)25-11-7-5-6-8-12-28-76(48-20-22-57(77)74(42-48)43-59(79)83-4)62(80)46-17-14-26-72(41-46)55-39-65-38-44-15-9-10-18-49(44)55/h9-10,15-16,18-22,24,30,35-39,42,46,67H,5-8,11-14,17,23,25-29,31-34,40-41,43H2,1-4H3/t46-/m0/s1. The number of fused-ring (bicyclic) bond motifs is 2. The van der Waals surface area contributed by atoms with Crippen LogP contribution in [0.4, 0.5) is 21.5 Å². The number of nitrogens with one attached hydrogen (secondary N) is 1. The number of aryl methyl sites for hydroxylation is 1. The molecule has 0 bridgehead atoms. The number of hydrogen-bond donors (Lipinski definition) is 1. The molecule has 3 aliphatic heterocycles. The number of esters is 1. The van der Waals surface area contributed by atoms with Crippen molar-refractivity contribution in [3.63, 3.8) is 0 Å². The fourth-order valence-electron chi connectivity index (χ4n) is 11.9. The Kier molecular flexibility index (Phi) is 18.6. The second kappa shape index (κ2) is 26.7. The molecule has 20 heteroatoms. The third kappa shape index (κ3) is 13.4. The molecule has 2 saturated heterocycles. The minimum Gasteiger partial charge on any atom is -0.496 e. The van der Waals surface area contributed by atoms with Crippen LogP contribution in [0, 0.1) is 11.7 Å². The fraction of sp³-hybridized carbons (Fsp3) is 0.429. The number of carbonyl (C=O) groups is 4. The SMILES string of the molecule is COC(=O)Cn1cc(N(CCCCCCCCN2CCN(c3ccc(-c4cc(C5=CCCN(C(=O)CCn6ccnn6)C5)c(F)c5[nH]c(C(=O)N(C)C)cc45)c(OC)c3)CC2)C(=O)[C@H]2CCCN(c3cncc4ccccc34)C2)ccc1=O. The van der Waals surface area contributed by atoms with Crippen molar-refractivity contribution in [2.24, 2.45) is 5.92 Å². The number of anilines is 3. The van der Waals surface area contributed by atoms with Gasteiger partial charge in [0.15, 0.2) is 5.82 Å². The summed E-state index contributed by atoms with van der Waals surface area (Å²) in [7, 11) is 6.25. The highest BCUT2D eigenvalue weighted by Gasteiger charge is 2.32. The van der Waals surface area contributed by atoms with Gasteiger partial charge in [0, 0.05) is 143 Å². The summed E-state index contributed by atoms with van der Waals surface area (Å²) in [6.07, 6.45) is 19.1. The summed E-state index contributed by atoms with van der Waals surface area (Å²) >= 11 is 0. The van der Waals surface area contributed by atoms with Gasteiger partial charge in [-0.1, -0.05) is 61.2 Å². The Bertz CT molecular complexity index is 3530. The number of unbranched alkanes of at least 4 members (excludes halogenated alkanes) is 5. The molecular weight excluding hydrogens is 1060 g/mol. The molecule has 7 aromatic rings. The lowest BCUT2D eigenvalue weighted by Gasteiger charge is -2.36. The normalized spacial score (nSPS) is 15.8. The largest absolute Gasteiger partial charge is 0.496 e. The average molecular weight is 1130 g/mol. The Morgan fingerprint density at radius 1 is 0.819 bits per heavy atom. The van der Waals surface area contributed by atoms with Gasteiger partial charge in [-0.2, -0.15) is 0 Å². The summed E-state index contributed by atoms with van der Waals surface area (Å²) in [4.78, 5) is 86.2. The number of piperidine rings is 1. The highest BCUT2D eigenvalue weighted by atomic mass is 19.1. The number of rotatable bonds is 22. The van der Waals surface area contributed by atoms with E-state index in [2.05, 4.69) is 53.2 Å². The molecule has 0 radical (unpaired) electrons. The molecule has 10 rings (SSSR count). The first-order chi connectivity index (χ1) is 40.4. The third-order valence-electron chi connectivity index (χ3n) is 16.5. The van der Waals surface area contributed by atoms with E-state index in [1.807, 2.05) is 53.7 Å². The van der Waals surface area contributed by atoms with Gasteiger partial charge in [0.25, 0.3) is 11.5 Å². The summed E-state index contributed by atoms with van der Waals surface area (Å²) in [5.41, 5.74) is 5.32. The van der Waals surface area contributed by atoms with E-state index in [0.717, 1.165) is 118 Å². The van der Waals surface area contributed by atoms with E-state index < -0.39 is 11.8 Å². The van der Waals surface area contributed by atoms with Crippen molar-refractivity contribution in [2.45, 2.75) is 77.3 Å². The molecule has 19 nitrogen and oxygen atoms in total. The summed E-state index contributed by atoms with van der Waals surface area (Å²) in [6, 6.07) is 21.0. The third-order valence-corrected chi connectivity index (χ3v) is 16.5. The number of aromatic amines is 1. The molecule has 7 heterocycles. The van der Waals surface area contributed by atoms with Gasteiger partial charge in [-0.15, -0.1) is 5.10 Å². The minimum atomic E-state index is -0.537. The molecule has 83 heavy (non-hydrogen) atoms. The average Bonchev–Trinajstić information content (AvgIpc) is 4.36. The second-order valence-electron chi connectivity index (χ2n) is 22.1. The van der Waals surface area contributed by atoms with Crippen molar-refractivity contribution in [3.8, 4) is 16.9 Å². The highest BCUT2D eigenvalue weighted by molar-refractivity contribution is 6.05. The molecule has 2 fully saturated rings. The summed E-state index contributed by atoms with van der Waals surface area (Å²) < 4.78 is 30.7. The lowest BCUT2D eigenvalue weighted by atomic mass is 9.92. The molecule has 3 amide bonds. The van der Waals surface area contributed by atoms with E-state index >= 15 is 4.39 Å². The topological polar surface area (TPSA) is 188 Å². The number of aromatic nitrogens is 6. The zero-order valence-corrected chi connectivity index (χ0v) is 48.1. The Hall–Kier alpha value is -8.39. The van der Waals surface area contributed by atoms with E-state index in [-0.39, 0.29) is 59.9 Å². The van der Waals surface area contributed by atoms with Gasteiger partial charge in [-0.25, -0.2) is 4.39 Å². The maximum absolute atomic E-state index is 16.9. The number of ether oxygens (including phenoxy) is 2. The molecular formula is C63H75FN12O7. The van der Waals surface area contributed by atoms with Crippen LogP contribution in [0.1, 0.15) is 80.3 Å². The van der Waals surface area contributed by atoms with Crippen molar-refractivity contribution in [3.05, 3.63) is 131 Å². The first kappa shape index (κ1) is 57.8. The number of pyridine rings is 2. The van der Waals surface area contributed by atoms with Gasteiger partial charge < -0.3 is 43.5 Å². The lowest BCUT2D eigenvalue weighted by molar-refractivity contribution is -0.141. The first-order valence-corrected chi connectivity index (χ1v) is 29.1. The Morgan fingerprint density at radius 2 is 1.63 bits per heavy atom. The number of halogens is 1. The van der Waals surface area contributed by atoms with Crippen LogP contribution < -0.4 is 25.0 Å². The summed E-state index contributed by atoms with van der Waals surface area (Å²) in [5, 5.41) is 10.5. The van der Waals surface area contributed by atoms with Crippen LogP contribution in [-0.4, -0.2) is 162 Å². The number of nitrogens with zero attached hydrogens (tertiary/aromatic N) is 11. The van der Waals surface area contributed by atoms with Crippen molar-refractivity contribution in [1.82, 2.24) is 44.2 Å². The van der Waals surface area contributed by atoms with E-state index in [9.17, 15) is 24.0 Å². The zero-order valence-electron chi connectivity index (χ0n) is 48.1. The molecule has 0 unspecified atom stereocenters. The number of H-pyrrole nitrogens is 1. The van der Waals surface area contributed by atoms with Crippen molar-refractivity contribution < 1.29 is 33.0 Å². The number of methoxy groups -OCH3 is 2. The highest BCUT2D eigenvalue weighted by Crippen LogP contribution is 2.42. The molecule has 436 valence electrons. The van der Waals surface area contributed by atoms with Crippen molar-refractivity contribution in [2.75, 3.05) is 108 Å². The number of carbonyl (C=O) groups excluding carboxylic acids is 4. The zero-order chi connectivity index (χ0) is 58.0. The molecule has 1 atom stereocenters. The molecule has 0 aliphatic carbocycles. The van der Waals surface area contributed by atoms with Crippen LogP contribution in [0.25, 0.3) is 38.4 Å². The van der Waals surface area contributed by atoms with Gasteiger partial charge in [0.1, 0.15) is 18.0 Å². The maximum atomic E-state index is 16.9. The van der Waals surface area contributed by atoms with Crippen LogP contribution in [0.2, 0.25) is 0 Å². The van der Waals surface area contributed by atoms with Gasteiger partial charge in [0.2, 0.25) is 11.8 Å². The van der Waals surface area contributed by atoms with Gasteiger partial charge >= 0.3 is 5.97 Å². The molecule has 3 aliphatic rings. The molecule has 0 saturated carbocycles. The molecule has 0 spiro atoms. The number of benzene rings is 3. The lowest BCUT2D eigenvalue weighted by Crippen LogP contribution is -2.46.